The van der Waals surface area contributed by atoms with Crippen LogP contribution in [-0.4, -0.2) is 138 Å². The zero-order valence-corrected chi connectivity index (χ0v) is 63.3. The number of nitrogens with zero attached hydrogens (tertiary/aromatic N) is 11. The number of nitrogens with two attached hydrogens (primary N) is 3. The molecule has 0 saturated heterocycles. The third-order valence-electron chi connectivity index (χ3n) is 20.2. The molecule has 15 rings (SSSR count). The number of aliphatic carboxylic acids is 1. The highest BCUT2D eigenvalue weighted by Crippen LogP contribution is 2.41. The number of carboxylic acids is 1. The number of carboxylic acid groups (broad SMARTS) is 1. The second kappa shape index (κ2) is 35.0. The predicted octanol–water partition coefficient (Wildman–Crippen LogP) is 13.9. The fourth-order valence-corrected chi connectivity index (χ4v) is 14.5. The van der Waals surface area contributed by atoms with E-state index in [0.717, 1.165) is 123 Å². The minimum atomic E-state index is -0.981. The second-order valence-corrected chi connectivity index (χ2v) is 28.7. The van der Waals surface area contributed by atoms with Gasteiger partial charge in [0.2, 0.25) is 5.91 Å². The fourth-order valence-electron chi connectivity index (χ4n) is 14.5. The molecule has 3 aliphatic carbocycles. The Labute approximate surface area is 645 Å². The molecule has 0 aliphatic heterocycles. The summed E-state index contributed by atoms with van der Waals surface area (Å²) in [5.74, 6) is 4.00. The van der Waals surface area contributed by atoms with Gasteiger partial charge in [0, 0.05) is 55.0 Å². The summed E-state index contributed by atoms with van der Waals surface area (Å²) in [4.78, 5) is 75.9. The van der Waals surface area contributed by atoms with Crippen molar-refractivity contribution in [1.82, 2.24) is 75.1 Å². The van der Waals surface area contributed by atoms with Crippen molar-refractivity contribution in [3.8, 4) is 68.3 Å². The topological polar surface area (TPSA) is 396 Å². The Morgan fingerprint density at radius 1 is 0.464 bits per heavy atom. The zero-order valence-electron chi connectivity index (χ0n) is 63.3. The lowest BCUT2D eigenvalue weighted by molar-refractivity contribution is -0.131. The monoisotopic (exact) mass is 1520 g/mol. The molecule has 3 fully saturated rings. The van der Waals surface area contributed by atoms with Gasteiger partial charge in [-0.05, 0) is 220 Å². The molecular formula is C83H92N18O11. The summed E-state index contributed by atoms with van der Waals surface area (Å²) in [6.07, 6.45) is 12.0. The SMILES string of the molecule is C=CC(=O)N(C)C1CCC(n2nc(-c3ccc(Oc4ccccc4)cc3)c3c(N)n[nH]c(=O)c32)CC1.C=CC(=O)O.CN(C(=O)OC(C)(C)C)C1CCC(n2nc(-c3ccc(Oc4ccccc4)cc3)c3c(N)n[nH]c(=O)c32)CC1.CNC1CCC(n2nc(-c3ccc(Oc4ccccc4)cc3)c3c(N)n[nH]c(=O)c32)CC1. The molecule has 2 amide bonds. The van der Waals surface area contributed by atoms with Crippen molar-refractivity contribution in [3.05, 3.63) is 220 Å². The van der Waals surface area contributed by atoms with Gasteiger partial charge in [-0.15, -0.1) is 0 Å². The molecule has 3 aliphatic rings. The number of nitrogens with one attached hydrogen (secondary N) is 4. The molecule has 3 saturated carbocycles. The lowest BCUT2D eigenvalue weighted by Crippen LogP contribution is -2.42. The van der Waals surface area contributed by atoms with Crippen molar-refractivity contribution >= 4 is 68.1 Å². The summed E-state index contributed by atoms with van der Waals surface area (Å²) in [6, 6.07) is 52.3. The number of carbonyl (C=O) groups is 3. The highest BCUT2D eigenvalue weighted by molar-refractivity contribution is 6.02. The number of likely N-dealkylation sites (N-methyl/N-ethyl adjacent to an activating group) is 1. The molecule has 0 radical (unpaired) electrons. The second-order valence-electron chi connectivity index (χ2n) is 28.7. The fraction of sp³-hybridized carbons (Fsp3) is 0.301. The van der Waals surface area contributed by atoms with E-state index in [-0.39, 0.29) is 76.3 Å². The first-order chi connectivity index (χ1) is 54.0. The van der Waals surface area contributed by atoms with E-state index in [4.69, 9.17) is 56.6 Å². The van der Waals surface area contributed by atoms with E-state index in [1.54, 1.807) is 33.3 Å². The van der Waals surface area contributed by atoms with Crippen LogP contribution in [0.15, 0.2) is 203 Å². The van der Waals surface area contributed by atoms with E-state index in [1.165, 1.54) is 6.08 Å². The van der Waals surface area contributed by atoms with Crippen LogP contribution in [-0.2, 0) is 14.3 Å². The molecule has 0 unspecified atom stereocenters. The number of para-hydroxylation sites is 3. The molecule has 6 aromatic carbocycles. The first-order valence-corrected chi connectivity index (χ1v) is 37.1. The van der Waals surface area contributed by atoms with Crippen molar-refractivity contribution < 1.29 is 38.4 Å². The summed E-state index contributed by atoms with van der Waals surface area (Å²) in [5, 5.41) is 46.8. The Balaban J connectivity index is 0.000000152. The molecule has 112 heavy (non-hydrogen) atoms. The maximum absolute atomic E-state index is 13.0. The van der Waals surface area contributed by atoms with Crippen LogP contribution in [0.5, 0.6) is 34.5 Å². The molecule has 11 N–H and O–H groups in total. The summed E-state index contributed by atoms with van der Waals surface area (Å²) in [7, 11) is 5.58. The van der Waals surface area contributed by atoms with Crippen LogP contribution >= 0.6 is 0 Å². The summed E-state index contributed by atoms with van der Waals surface area (Å²) >= 11 is 0. The van der Waals surface area contributed by atoms with Gasteiger partial charge in [0.15, 0.2) is 17.5 Å². The van der Waals surface area contributed by atoms with E-state index in [9.17, 15) is 28.8 Å². The lowest BCUT2D eigenvalue weighted by Gasteiger charge is -2.35. The molecule has 580 valence electrons. The number of H-pyrrole nitrogens is 3. The third-order valence-corrected chi connectivity index (χ3v) is 20.2. The van der Waals surface area contributed by atoms with Crippen molar-refractivity contribution in [2.24, 2.45) is 0 Å². The normalized spacial score (nSPS) is 17.4. The number of carbonyl (C=O) groups excluding carboxylic acids is 2. The van der Waals surface area contributed by atoms with Crippen LogP contribution < -0.4 is 53.4 Å². The number of aromatic nitrogens is 12. The number of ether oxygens (including phenoxy) is 4. The van der Waals surface area contributed by atoms with Gasteiger partial charge in [0.1, 0.15) is 73.7 Å². The van der Waals surface area contributed by atoms with E-state index in [2.05, 4.69) is 49.1 Å². The largest absolute Gasteiger partial charge is 0.478 e. The van der Waals surface area contributed by atoms with Gasteiger partial charge in [-0.2, -0.15) is 30.6 Å². The molecule has 6 aromatic heterocycles. The number of hydrogen-bond donors (Lipinski definition) is 8. The Bertz CT molecular complexity index is 5460. The summed E-state index contributed by atoms with van der Waals surface area (Å²) in [5.41, 5.74) is 22.9. The Morgan fingerprint density at radius 2 is 0.750 bits per heavy atom. The van der Waals surface area contributed by atoms with Crippen LogP contribution in [0.25, 0.3) is 66.5 Å². The molecule has 29 heteroatoms. The molecule has 29 nitrogen and oxygen atoms in total. The van der Waals surface area contributed by atoms with Gasteiger partial charge >= 0.3 is 12.1 Å². The van der Waals surface area contributed by atoms with E-state index in [1.807, 2.05) is 196 Å². The number of anilines is 3. The Kier molecular flexibility index (Phi) is 24.5. The molecule has 0 spiro atoms. The van der Waals surface area contributed by atoms with Crippen LogP contribution in [0.1, 0.15) is 116 Å². The maximum Gasteiger partial charge on any atom is 0.410 e. The third kappa shape index (κ3) is 18.2. The quantitative estimate of drug-likeness (QED) is 0.0393. The average molecular weight is 1520 g/mol. The van der Waals surface area contributed by atoms with Gasteiger partial charge in [-0.25, -0.2) is 24.9 Å². The standard InChI is InChI=1S/C29H34N6O4.C27H28N6O3.C24H26N6O2.C3H4O2/c1-29(2,3)39-28(37)34(4)19-12-14-20(15-13-19)35-25-23(26(30)31-32-27(25)36)24(33-35)18-10-16-22(17-11-18)38-21-8-6-5-7-9-21;1-3-22(34)32(2)18-11-13-19(14-12-18)33-25-23(26(28)29-30-27(25)35)24(31-33)17-9-15-21(16-10-17)36-20-7-5-4-6-8-20;1-26-16-9-11-17(12-10-16)30-22-20(23(25)27-28-24(22)31)21(29-30)15-7-13-19(14-8-15)32-18-5-3-2-4-6-18;1-2-3(4)5/h5-11,16-17,19-20H,12-15H2,1-4H3,(H2,30,31)(H,32,36);3-10,15-16,18-19H,1,11-14H2,2H3,(H2,28,29)(H,30,35);2-8,13-14,16-17,26H,9-12H2,1H3,(H2,25,27)(H,28,31);2H,1H2,(H,4,5). The average Bonchev–Trinajstić information content (AvgIpc) is 1.61. The highest BCUT2D eigenvalue weighted by atomic mass is 16.6. The van der Waals surface area contributed by atoms with Gasteiger partial charge in [0.25, 0.3) is 16.7 Å². The van der Waals surface area contributed by atoms with Gasteiger partial charge in [0.05, 0.1) is 34.3 Å². The lowest BCUT2D eigenvalue weighted by atomic mass is 9.90. The van der Waals surface area contributed by atoms with Gasteiger partial charge < -0.3 is 56.4 Å². The highest BCUT2D eigenvalue weighted by Gasteiger charge is 2.35. The Morgan fingerprint density at radius 3 is 1.03 bits per heavy atom. The first kappa shape index (κ1) is 78.4. The van der Waals surface area contributed by atoms with Crippen molar-refractivity contribution in [3.63, 3.8) is 0 Å². The Hall–Kier alpha value is -13.2. The van der Waals surface area contributed by atoms with Crippen LogP contribution in [0.3, 0.4) is 0 Å². The smallest absolute Gasteiger partial charge is 0.410 e. The molecule has 6 heterocycles. The van der Waals surface area contributed by atoms with Crippen molar-refractivity contribution in [2.45, 2.75) is 140 Å². The maximum atomic E-state index is 13.0. The van der Waals surface area contributed by atoms with Crippen molar-refractivity contribution in [1.29, 1.82) is 0 Å². The van der Waals surface area contributed by atoms with Crippen molar-refractivity contribution in [2.75, 3.05) is 38.3 Å². The summed E-state index contributed by atoms with van der Waals surface area (Å²) in [6.45, 7) is 12.1. The number of amides is 2. The number of nitrogen functional groups attached to an aromatic ring is 3. The van der Waals surface area contributed by atoms with E-state index >= 15 is 0 Å². The number of benzene rings is 6. The minimum absolute atomic E-state index is 0.00770. The van der Waals surface area contributed by atoms with Gasteiger partial charge in [-0.3, -0.25) is 33.2 Å². The number of aromatic amines is 3. The number of rotatable bonds is 17. The number of hydrogen-bond acceptors (Lipinski definition) is 20. The van der Waals surface area contributed by atoms with E-state index in [0.29, 0.717) is 67.3 Å². The zero-order chi connectivity index (χ0) is 79.3. The molecule has 12 aromatic rings. The predicted molar refractivity (Wildman–Crippen MR) is 431 cm³/mol. The first-order valence-electron chi connectivity index (χ1n) is 37.1. The van der Waals surface area contributed by atoms with Gasteiger partial charge in [-0.1, -0.05) is 67.8 Å². The van der Waals surface area contributed by atoms with Crippen LogP contribution in [0.4, 0.5) is 22.2 Å². The molecule has 0 bridgehead atoms. The van der Waals surface area contributed by atoms with E-state index < -0.39 is 11.6 Å². The number of fused-ring (bicyclic) bond motifs is 3. The van der Waals surface area contributed by atoms with Crippen LogP contribution in [0.2, 0.25) is 0 Å². The molecule has 0 atom stereocenters. The van der Waals surface area contributed by atoms with Crippen LogP contribution in [0, 0.1) is 0 Å². The molecular weight excluding hydrogens is 1430 g/mol. The minimum Gasteiger partial charge on any atom is -0.478 e. The summed E-state index contributed by atoms with van der Waals surface area (Å²) < 4.78 is 28.7.